The first-order valence-electron chi connectivity index (χ1n) is 6.19. The maximum atomic E-state index is 12.1. The molecule has 0 radical (unpaired) electrons. The molecular weight excluding hydrogens is 230 g/mol. The van der Waals surface area contributed by atoms with Crippen molar-refractivity contribution in [2.24, 2.45) is 5.92 Å². The van der Waals surface area contributed by atoms with E-state index in [0.717, 1.165) is 13.1 Å². The number of anilines is 1. The van der Waals surface area contributed by atoms with E-state index in [1.165, 1.54) is 0 Å². The Kier molecular flexibility index (Phi) is 3.56. The van der Waals surface area contributed by atoms with Gasteiger partial charge in [-0.2, -0.15) is 5.10 Å². The largest absolute Gasteiger partial charge is 0.396 e. The van der Waals surface area contributed by atoms with Gasteiger partial charge in [-0.3, -0.25) is 9.48 Å². The van der Waals surface area contributed by atoms with E-state index in [4.69, 9.17) is 5.73 Å². The maximum Gasteiger partial charge on any atom is 0.244 e. The average molecular weight is 251 g/mol. The highest BCUT2D eigenvalue weighted by Crippen LogP contribution is 2.20. The van der Waals surface area contributed by atoms with Crippen molar-refractivity contribution in [1.82, 2.24) is 19.6 Å². The summed E-state index contributed by atoms with van der Waals surface area (Å²) < 4.78 is 1.59. The summed E-state index contributed by atoms with van der Waals surface area (Å²) in [6, 6.07) is 0.441. The van der Waals surface area contributed by atoms with Crippen molar-refractivity contribution < 1.29 is 4.79 Å². The second-order valence-electron chi connectivity index (χ2n) is 5.28. The fourth-order valence-electron chi connectivity index (χ4n) is 2.53. The Morgan fingerprint density at radius 3 is 2.78 bits per heavy atom. The first-order valence-corrected chi connectivity index (χ1v) is 6.19. The minimum Gasteiger partial charge on any atom is -0.396 e. The van der Waals surface area contributed by atoms with E-state index in [-0.39, 0.29) is 12.5 Å². The number of hydrogen-bond acceptors (Lipinski definition) is 4. The van der Waals surface area contributed by atoms with Crippen molar-refractivity contribution in [3.05, 3.63) is 12.4 Å². The molecule has 1 aliphatic rings. The first-order chi connectivity index (χ1) is 8.47. The van der Waals surface area contributed by atoms with Crippen LogP contribution in [-0.2, 0) is 11.3 Å². The standard InChI is InChI=1S/C12H21N5O/c1-9-5-16(7-11(9)15(2)3)12(18)8-17-6-10(13)4-14-17/h4,6,9,11H,5,7-8,13H2,1-3H3. The second kappa shape index (κ2) is 4.97. The second-order valence-corrected chi connectivity index (χ2v) is 5.28. The van der Waals surface area contributed by atoms with Crippen LogP contribution in [0.25, 0.3) is 0 Å². The van der Waals surface area contributed by atoms with Crippen LogP contribution in [0.3, 0.4) is 0 Å². The SMILES string of the molecule is CC1CN(C(=O)Cn2cc(N)cn2)CC1N(C)C. The molecule has 2 N–H and O–H groups in total. The molecule has 1 aliphatic heterocycles. The molecule has 1 amide bonds. The van der Waals surface area contributed by atoms with Gasteiger partial charge >= 0.3 is 0 Å². The van der Waals surface area contributed by atoms with Gasteiger partial charge in [0.1, 0.15) is 6.54 Å². The predicted molar refractivity (Wildman–Crippen MR) is 69.9 cm³/mol. The minimum absolute atomic E-state index is 0.106. The number of hydrogen-bond donors (Lipinski definition) is 1. The highest BCUT2D eigenvalue weighted by atomic mass is 16.2. The van der Waals surface area contributed by atoms with Crippen LogP contribution in [-0.4, -0.2) is 58.7 Å². The van der Waals surface area contributed by atoms with Crippen molar-refractivity contribution in [2.75, 3.05) is 32.9 Å². The van der Waals surface area contributed by atoms with Crippen LogP contribution >= 0.6 is 0 Å². The van der Waals surface area contributed by atoms with Crippen molar-refractivity contribution in [3.63, 3.8) is 0 Å². The van der Waals surface area contributed by atoms with Gasteiger partial charge in [0.05, 0.1) is 11.9 Å². The lowest BCUT2D eigenvalue weighted by atomic mass is 10.1. The Hall–Kier alpha value is -1.56. The van der Waals surface area contributed by atoms with Gasteiger partial charge < -0.3 is 15.5 Å². The van der Waals surface area contributed by atoms with Gasteiger partial charge in [0.2, 0.25) is 5.91 Å². The molecule has 0 spiro atoms. The molecule has 2 atom stereocenters. The summed E-state index contributed by atoms with van der Waals surface area (Å²) in [7, 11) is 4.12. The Balaban J connectivity index is 1.95. The predicted octanol–water partition coefficient (Wildman–Crippen LogP) is -0.126. The topological polar surface area (TPSA) is 67.4 Å². The molecule has 1 aromatic heterocycles. The summed E-state index contributed by atoms with van der Waals surface area (Å²) in [5, 5.41) is 4.03. The summed E-state index contributed by atoms with van der Waals surface area (Å²) in [5.41, 5.74) is 6.16. The third-order valence-electron chi connectivity index (χ3n) is 3.54. The smallest absolute Gasteiger partial charge is 0.244 e. The summed E-state index contributed by atoms with van der Waals surface area (Å²) in [4.78, 5) is 16.2. The Morgan fingerprint density at radius 2 is 2.28 bits per heavy atom. The highest BCUT2D eigenvalue weighted by Gasteiger charge is 2.33. The summed E-state index contributed by atoms with van der Waals surface area (Å²) >= 11 is 0. The number of likely N-dealkylation sites (tertiary alicyclic amines) is 1. The zero-order valence-corrected chi connectivity index (χ0v) is 11.2. The van der Waals surface area contributed by atoms with Gasteiger partial charge in [-0.05, 0) is 20.0 Å². The maximum absolute atomic E-state index is 12.1. The minimum atomic E-state index is 0.106. The summed E-state index contributed by atoms with van der Waals surface area (Å²) in [5.74, 6) is 0.612. The Labute approximate surface area is 107 Å². The van der Waals surface area contributed by atoms with Crippen LogP contribution in [0.1, 0.15) is 6.92 Å². The molecule has 2 unspecified atom stereocenters. The number of amides is 1. The lowest BCUT2D eigenvalue weighted by molar-refractivity contribution is -0.131. The normalized spacial score (nSPS) is 23.9. The van der Waals surface area contributed by atoms with Gasteiger partial charge in [0.25, 0.3) is 0 Å². The van der Waals surface area contributed by atoms with Crippen molar-refractivity contribution in [3.8, 4) is 0 Å². The van der Waals surface area contributed by atoms with Gasteiger partial charge in [0, 0.05) is 25.3 Å². The third kappa shape index (κ3) is 2.64. The molecule has 1 fully saturated rings. The quantitative estimate of drug-likeness (QED) is 0.813. The molecule has 0 saturated carbocycles. The number of likely N-dealkylation sites (N-methyl/N-ethyl adjacent to an activating group) is 1. The molecule has 1 saturated heterocycles. The fraction of sp³-hybridized carbons (Fsp3) is 0.667. The molecule has 0 bridgehead atoms. The number of carbonyl (C=O) groups excluding carboxylic acids is 1. The molecule has 6 nitrogen and oxygen atoms in total. The van der Waals surface area contributed by atoms with E-state index in [2.05, 4.69) is 31.0 Å². The van der Waals surface area contributed by atoms with Gasteiger partial charge in [-0.1, -0.05) is 6.92 Å². The molecule has 100 valence electrons. The molecule has 2 rings (SSSR count). The molecule has 6 heteroatoms. The summed E-state index contributed by atoms with van der Waals surface area (Å²) in [6.45, 7) is 4.07. The number of carbonyl (C=O) groups is 1. The number of nitrogen functional groups attached to an aromatic ring is 1. The molecule has 1 aromatic rings. The number of nitrogens with two attached hydrogens (primary N) is 1. The van der Waals surface area contributed by atoms with E-state index in [1.54, 1.807) is 17.1 Å². The van der Waals surface area contributed by atoms with Crippen LogP contribution in [0.5, 0.6) is 0 Å². The van der Waals surface area contributed by atoms with Crippen LogP contribution in [0, 0.1) is 5.92 Å². The van der Waals surface area contributed by atoms with E-state index in [9.17, 15) is 4.79 Å². The van der Waals surface area contributed by atoms with Crippen LogP contribution in [0.15, 0.2) is 12.4 Å². The molecule has 2 heterocycles. The van der Waals surface area contributed by atoms with Gasteiger partial charge in [-0.15, -0.1) is 0 Å². The molecule has 0 aromatic carbocycles. The van der Waals surface area contributed by atoms with E-state index in [0.29, 0.717) is 17.6 Å². The summed E-state index contributed by atoms with van der Waals surface area (Å²) in [6.07, 6.45) is 3.24. The van der Waals surface area contributed by atoms with Crippen LogP contribution < -0.4 is 5.73 Å². The monoisotopic (exact) mass is 251 g/mol. The molecule has 0 aliphatic carbocycles. The average Bonchev–Trinajstić information content (AvgIpc) is 2.85. The fourth-order valence-corrected chi connectivity index (χ4v) is 2.53. The first kappa shape index (κ1) is 12.9. The van der Waals surface area contributed by atoms with Crippen LogP contribution in [0.4, 0.5) is 5.69 Å². The van der Waals surface area contributed by atoms with E-state index >= 15 is 0 Å². The lowest BCUT2D eigenvalue weighted by Gasteiger charge is -2.22. The van der Waals surface area contributed by atoms with Crippen molar-refractivity contribution >= 4 is 11.6 Å². The van der Waals surface area contributed by atoms with Crippen LogP contribution in [0.2, 0.25) is 0 Å². The van der Waals surface area contributed by atoms with E-state index in [1.807, 2.05) is 4.90 Å². The van der Waals surface area contributed by atoms with Gasteiger partial charge in [0.15, 0.2) is 0 Å². The third-order valence-corrected chi connectivity index (χ3v) is 3.54. The Bertz CT molecular complexity index is 428. The molecule has 18 heavy (non-hydrogen) atoms. The number of aromatic nitrogens is 2. The highest BCUT2D eigenvalue weighted by molar-refractivity contribution is 5.76. The number of rotatable bonds is 3. The zero-order valence-electron chi connectivity index (χ0n) is 11.2. The zero-order chi connectivity index (χ0) is 13.3. The Morgan fingerprint density at radius 1 is 1.56 bits per heavy atom. The lowest BCUT2D eigenvalue weighted by Crippen LogP contribution is -2.36. The van der Waals surface area contributed by atoms with Gasteiger partial charge in [-0.25, -0.2) is 0 Å². The number of nitrogens with zero attached hydrogens (tertiary/aromatic N) is 4. The van der Waals surface area contributed by atoms with E-state index < -0.39 is 0 Å². The van der Waals surface area contributed by atoms with Crippen molar-refractivity contribution in [1.29, 1.82) is 0 Å². The molecular formula is C12H21N5O. The van der Waals surface area contributed by atoms with Crippen molar-refractivity contribution in [2.45, 2.75) is 19.5 Å².